The number of carbonyl (C=O) groups is 2. The first-order valence-electron chi connectivity index (χ1n) is 9.50. The predicted octanol–water partition coefficient (Wildman–Crippen LogP) is 2.47. The molecule has 0 aliphatic carbocycles. The summed E-state index contributed by atoms with van der Waals surface area (Å²) in [5, 5.41) is 10.2. The summed E-state index contributed by atoms with van der Waals surface area (Å²) in [7, 11) is 0. The zero-order chi connectivity index (χ0) is 19.7. The van der Waals surface area contributed by atoms with E-state index in [0.29, 0.717) is 19.0 Å². The first-order valence-corrected chi connectivity index (χ1v) is 10.7. The van der Waals surface area contributed by atoms with Crippen LogP contribution in [0.25, 0.3) is 5.69 Å². The van der Waals surface area contributed by atoms with Gasteiger partial charge in [0.25, 0.3) is 0 Å². The molecule has 148 valence electrons. The van der Waals surface area contributed by atoms with Crippen LogP contribution in [0.3, 0.4) is 0 Å². The Morgan fingerprint density at radius 3 is 2.89 bits per heavy atom. The van der Waals surface area contributed by atoms with Crippen molar-refractivity contribution < 1.29 is 14.3 Å². The lowest BCUT2D eigenvalue weighted by Gasteiger charge is -2.14. The van der Waals surface area contributed by atoms with Gasteiger partial charge in [-0.2, -0.15) is 16.9 Å². The molecular formula is C20H24N4O3S. The molecule has 1 saturated heterocycles. The lowest BCUT2D eigenvalue weighted by Crippen LogP contribution is -2.39. The van der Waals surface area contributed by atoms with Crippen LogP contribution in [0, 0.1) is 13.8 Å². The highest BCUT2D eigenvalue weighted by Crippen LogP contribution is 2.36. The highest BCUT2D eigenvalue weighted by Gasteiger charge is 2.27. The average molecular weight is 401 g/mol. The van der Waals surface area contributed by atoms with Crippen molar-refractivity contribution in [2.45, 2.75) is 44.3 Å². The maximum atomic E-state index is 12.5. The van der Waals surface area contributed by atoms with Crippen molar-refractivity contribution >= 4 is 29.4 Å². The number of amides is 2. The van der Waals surface area contributed by atoms with E-state index in [0.717, 1.165) is 52.4 Å². The number of thioether (sulfide) groups is 1. The Kier molecular flexibility index (Phi) is 5.41. The Balaban J connectivity index is 1.55. The summed E-state index contributed by atoms with van der Waals surface area (Å²) in [4.78, 5) is 24.8. The summed E-state index contributed by atoms with van der Waals surface area (Å²) < 4.78 is 7.24. The van der Waals surface area contributed by atoms with E-state index in [2.05, 4.69) is 16.7 Å². The molecule has 0 unspecified atom stereocenters. The number of benzene rings is 1. The molecule has 0 radical (unpaired) electrons. The lowest BCUT2D eigenvalue weighted by atomic mass is 10.1. The summed E-state index contributed by atoms with van der Waals surface area (Å²) in [6.45, 7) is 5.13. The van der Waals surface area contributed by atoms with Gasteiger partial charge in [0, 0.05) is 30.2 Å². The summed E-state index contributed by atoms with van der Waals surface area (Å²) in [6, 6.07) is 6.09. The van der Waals surface area contributed by atoms with Crippen LogP contribution in [-0.2, 0) is 25.8 Å². The van der Waals surface area contributed by atoms with Crippen molar-refractivity contribution in [3.63, 3.8) is 0 Å². The van der Waals surface area contributed by atoms with Crippen molar-refractivity contribution in [2.75, 3.05) is 18.5 Å². The molecule has 0 spiro atoms. The summed E-state index contributed by atoms with van der Waals surface area (Å²) in [5.74, 6) is 0.838. The van der Waals surface area contributed by atoms with Gasteiger partial charge in [-0.3, -0.25) is 9.59 Å². The number of aromatic nitrogens is 2. The number of ether oxygens (including phenoxy) is 1. The van der Waals surface area contributed by atoms with E-state index in [9.17, 15) is 9.59 Å². The van der Waals surface area contributed by atoms with Gasteiger partial charge in [0.2, 0.25) is 0 Å². The minimum absolute atomic E-state index is 0.00173. The fourth-order valence-electron chi connectivity index (χ4n) is 3.62. The fraction of sp³-hybridized carbons (Fsp3) is 0.450. The highest BCUT2D eigenvalue weighted by molar-refractivity contribution is 7.98. The monoisotopic (exact) mass is 400 g/mol. The standard InChI is InChI=1S/C20H24N4O3S/c1-12-5-6-17(13(2)8-12)24-18(15-10-28-11-16(15)23-24)22-20(26)19(25)21-9-14-4-3-7-27-14/h5-6,8,14H,3-4,7,9-11H2,1-2H3,(H,21,25)(H,22,26)/t14-/m0/s1. The Morgan fingerprint density at radius 2 is 2.14 bits per heavy atom. The zero-order valence-corrected chi connectivity index (χ0v) is 16.9. The van der Waals surface area contributed by atoms with Gasteiger partial charge in [-0.15, -0.1) is 0 Å². The predicted molar refractivity (Wildman–Crippen MR) is 109 cm³/mol. The van der Waals surface area contributed by atoms with Gasteiger partial charge in [0.05, 0.1) is 17.5 Å². The van der Waals surface area contributed by atoms with Gasteiger partial charge in [0.15, 0.2) is 0 Å². The molecule has 3 heterocycles. The molecule has 8 heteroatoms. The fourth-order valence-corrected chi connectivity index (χ4v) is 4.65. The molecule has 1 atom stereocenters. The number of rotatable bonds is 4. The molecule has 1 fully saturated rings. The number of anilines is 1. The molecule has 2 aliphatic heterocycles. The number of carbonyl (C=O) groups excluding carboxylic acids is 2. The van der Waals surface area contributed by atoms with Crippen LogP contribution in [0.2, 0.25) is 0 Å². The molecule has 7 nitrogen and oxygen atoms in total. The van der Waals surface area contributed by atoms with Crippen molar-refractivity contribution in [2.24, 2.45) is 0 Å². The van der Waals surface area contributed by atoms with Crippen LogP contribution in [0.15, 0.2) is 18.2 Å². The average Bonchev–Trinajstić information content (AvgIpc) is 3.39. The molecule has 4 rings (SSSR count). The van der Waals surface area contributed by atoms with Gasteiger partial charge in [-0.05, 0) is 38.3 Å². The van der Waals surface area contributed by atoms with Crippen LogP contribution in [-0.4, -0.2) is 40.9 Å². The maximum Gasteiger partial charge on any atom is 0.314 e. The van der Waals surface area contributed by atoms with Crippen molar-refractivity contribution in [3.05, 3.63) is 40.6 Å². The molecule has 0 bridgehead atoms. The normalized spacial score (nSPS) is 18.1. The highest BCUT2D eigenvalue weighted by atomic mass is 32.2. The van der Waals surface area contributed by atoms with Crippen molar-refractivity contribution in [1.29, 1.82) is 0 Å². The Labute approximate surface area is 168 Å². The first-order chi connectivity index (χ1) is 13.5. The third-order valence-electron chi connectivity index (χ3n) is 5.08. The number of nitrogens with zero attached hydrogens (tertiary/aromatic N) is 2. The van der Waals surface area contributed by atoms with Crippen molar-refractivity contribution in [1.82, 2.24) is 15.1 Å². The molecule has 2 aromatic rings. The third kappa shape index (κ3) is 3.79. The van der Waals surface area contributed by atoms with Crippen LogP contribution >= 0.6 is 11.8 Å². The van der Waals surface area contributed by atoms with E-state index < -0.39 is 11.8 Å². The summed E-state index contributed by atoms with van der Waals surface area (Å²) >= 11 is 1.75. The molecule has 2 N–H and O–H groups in total. The molecule has 2 aliphatic rings. The largest absolute Gasteiger partial charge is 0.376 e. The molecule has 28 heavy (non-hydrogen) atoms. The van der Waals surface area contributed by atoms with Gasteiger partial charge in [0.1, 0.15) is 5.82 Å². The molecule has 0 saturated carbocycles. The van der Waals surface area contributed by atoms with Gasteiger partial charge >= 0.3 is 11.8 Å². The van der Waals surface area contributed by atoms with Gasteiger partial charge in [-0.25, -0.2) is 4.68 Å². The second-order valence-electron chi connectivity index (χ2n) is 7.27. The minimum atomic E-state index is -0.677. The second kappa shape index (κ2) is 7.97. The zero-order valence-electron chi connectivity index (χ0n) is 16.1. The molecule has 2 amide bonds. The topological polar surface area (TPSA) is 85.2 Å². The number of hydrogen-bond donors (Lipinski definition) is 2. The van der Waals surface area contributed by atoms with Crippen LogP contribution in [0.5, 0.6) is 0 Å². The van der Waals surface area contributed by atoms with E-state index in [1.807, 2.05) is 26.0 Å². The SMILES string of the molecule is Cc1ccc(-n2nc3c(c2NC(=O)C(=O)NC[C@@H]2CCCO2)CSC3)c(C)c1. The smallest absolute Gasteiger partial charge is 0.314 e. The molecule has 1 aromatic heterocycles. The number of nitrogens with one attached hydrogen (secondary N) is 2. The summed E-state index contributed by atoms with van der Waals surface area (Å²) in [6.07, 6.45) is 1.90. The lowest BCUT2D eigenvalue weighted by molar-refractivity contribution is -0.136. The Morgan fingerprint density at radius 1 is 1.29 bits per heavy atom. The Hall–Kier alpha value is -2.32. The summed E-state index contributed by atoms with van der Waals surface area (Å²) in [5.41, 5.74) is 5.08. The molecular weight excluding hydrogens is 376 g/mol. The van der Waals surface area contributed by atoms with Crippen LogP contribution in [0.1, 0.15) is 35.2 Å². The van der Waals surface area contributed by atoms with E-state index in [-0.39, 0.29) is 6.10 Å². The number of hydrogen-bond acceptors (Lipinski definition) is 5. The Bertz CT molecular complexity index is 918. The van der Waals surface area contributed by atoms with Crippen LogP contribution < -0.4 is 10.6 Å². The first kappa shape index (κ1) is 19.0. The second-order valence-corrected chi connectivity index (χ2v) is 8.25. The van der Waals surface area contributed by atoms with E-state index in [1.165, 1.54) is 0 Å². The van der Waals surface area contributed by atoms with Crippen LogP contribution in [0.4, 0.5) is 5.82 Å². The third-order valence-corrected chi connectivity index (χ3v) is 6.06. The number of fused-ring (bicyclic) bond motifs is 1. The quantitative estimate of drug-likeness (QED) is 0.770. The number of aryl methyl sites for hydroxylation is 2. The van der Waals surface area contributed by atoms with E-state index >= 15 is 0 Å². The maximum absolute atomic E-state index is 12.5. The minimum Gasteiger partial charge on any atom is -0.376 e. The van der Waals surface area contributed by atoms with Crippen molar-refractivity contribution in [3.8, 4) is 5.69 Å². The van der Waals surface area contributed by atoms with Gasteiger partial charge in [-0.1, -0.05) is 17.7 Å². The molecule has 1 aromatic carbocycles. The van der Waals surface area contributed by atoms with E-state index in [1.54, 1.807) is 16.4 Å². The van der Waals surface area contributed by atoms with E-state index in [4.69, 9.17) is 9.84 Å². The van der Waals surface area contributed by atoms with Gasteiger partial charge < -0.3 is 15.4 Å².